The molecule has 1 aromatic heterocycles. The fourth-order valence-corrected chi connectivity index (χ4v) is 2.44. The number of hydrogen-bond acceptors (Lipinski definition) is 4. The minimum Gasteiger partial charge on any atom is -0.476 e. The Morgan fingerprint density at radius 1 is 1.56 bits per heavy atom. The predicted molar refractivity (Wildman–Crippen MR) is 53.8 cm³/mol. The van der Waals surface area contributed by atoms with Crippen LogP contribution in [-0.4, -0.2) is 34.6 Å². The first kappa shape index (κ1) is 14.8. The first-order chi connectivity index (χ1) is 7.16. The molecule has 0 saturated heterocycles. The molecule has 0 unspecified atom stereocenters. The van der Waals surface area contributed by atoms with E-state index in [0.717, 1.165) is 30.1 Å². The number of aromatic nitrogens is 1. The summed E-state index contributed by atoms with van der Waals surface area (Å²) in [6.07, 6.45) is 0.871. The van der Waals surface area contributed by atoms with E-state index in [-0.39, 0.29) is 9.71 Å². The molecule has 1 aliphatic rings. The number of carboxylic acid groups (broad SMARTS) is 1. The average Bonchev–Trinajstić information content (AvgIpc) is 2.63. The zero-order chi connectivity index (χ0) is 11.4. The Bertz CT molecular complexity index is 359. The van der Waals surface area contributed by atoms with Gasteiger partial charge in [-0.2, -0.15) is 0 Å². The maximum Gasteiger partial charge on any atom is 0.365 e. The highest BCUT2D eigenvalue weighted by atomic mass is 32.1. The number of halogens is 3. The van der Waals surface area contributed by atoms with E-state index in [1.54, 1.807) is 0 Å². The molecule has 2 heterocycles. The number of fused-ring (bicyclic) bond motifs is 1. The number of rotatable bonds is 1. The molecule has 0 saturated carbocycles. The second-order valence-corrected chi connectivity index (χ2v) is 4.27. The Morgan fingerprint density at radius 3 is 2.75 bits per heavy atom. The summed E-state index contributed by atoms with van der Waals surface area (Å²) in [5.41, 5.74) is 0.973. The van der Waals surface area contributed by atoms with Gasteiger partial charge in [0.25, 0.3) is 0 Å². The quantitative estimate of drug-likeness (QED) is 0.832. The molecule has 4 nitrogen and oxygen atoms in total. The normalized spacial score (nSPS) is 14.2. The van der Waals surface area contributed by atoms with Crippen LogP contribution < -0.4 is 0 Å². The lowest BCUT2D eigenvalue weighted by molar-refractivity contribution is 0.0696. The fraction of sp³-hybridized carbons (Fsp3) is 0.500. The largest absolute Gasteiger partial charge is 0.476 e. The molecular weight excluding hydrogens is 245 g/mol. The Labute approximate surface area is 93.8 Å². The molecule has 8 heteroatoms. The highest BCUT2D eigenvalue weighted by Gasteiger charge is 2.20. The summed E-state index contributed by atoms with van der Waals surface area (Å²) in [4.78, 5) is 18.0. The van der Waals surface area contributed by atoms with E-state index in [4.69, 9.17) is 14.3 Å². The van der Waals surface area contributed by atoms with Crippen LogP contribution in [0.2, 0.25) is 0 Å². The Morgan fingerprint density at radius 2 is 2.19 bits per heavy atom. The molecule has 0 atom stereocenters. The molecular formula is C8H11F3N2O2S. The fourth-order valence-electron chi connectivity index (χ4n) is 1.41. The van der Waals surface area contributed by atoms with Crippen molar-refractivity contribution >= 4 is 17.3 Å². The van der Waals surface area contributed by atoms with Gasteiger partial charge in [-0.1, -0.05) is 0 Å². The van der Waals surface area contributed by atoms with Crippen LogP contribution in [0.15, 0.2) is 0 Å². The minimum absolute atomic E-state index is 0. The average molecular weight is 256 g/mol. The zero-order valence-corrected chi connectivity index (χ0v) is 9.26. The number of thiazole rings is 1. The van der Waals surface area contributed by atoms with Gasteiger partial charge in [0.2, 0.25) is 5.01 Å². The molecule has 0 amide bonds. The van der Waals surface area contributed by atoms with Crippen LogP contribution in [0.1, 0.15) is 20.4 Å². The third kappa shape index (κ3) is 3.17. The van der Waals surface area contributed by atoms with E-state index in [1.807, 2.05) is 7.05 Å². The molecule has 92 valence electrons. The van der Waals surface area contributed by atoms with Crippen molar-refractivity contribution in [1.29, 1.82) is 0 Å². The lowest BCUT2D eigenvalue weighted by Crippen LogP contribution is -2.25. The van der Waals surface area contributed by atoms with Crippen LogP contribution in [0, 0.1) is 0 Å². The standard InChI is InChI=1S/C8H10N2O2S.F2.FH/c1-10-3-2-5-6(4-10)13-7(9-5)8(11)12;1-2;/h2-4H2,1H3,(H,11,12);;1H. The van der Waals surface area contributed by atoms with Crippen LogP contribution in [0.5, 0.6) is 0 Å². The van der Waals surface area contributed by atoms with Crippen LogP contribution in [0.25, 0.3) is 0 Å². The van der Waals surface area contributed by atoms with Crippen molar-refractivity contribution in [2.45, 2.75) is 13.0 Å². The van der Waals surface area contributed by atoms with Crippen LogP contribution in [-0.2, 0) is 13.0 Å². The lowest BCUT2D eigenvalue weighted by atomic mass is 10.2. The molecule has 0 spiro atoms. The number of carbonyl (C=O) groups is 1. The smallest absolute Gasteiger partial charge is 0.365 e. The number of carboxylic acids is 1. The van der Waals surface area contributed by atoms with Gasteiger partial charge < -0.3 is 10.0 Å². The maximum absolute atomic E-state index is 10.6. The van der Waals surface area contributed by atoms with Crippen LogP contribution in [0.3, 0.4) is 0 Å². The molecule has 2 rings (SSSR count). The Balaban J connectivity index is 0.000000711. The summed E-state index contributed by atoms with van der Waals surface area (Å²) < 4.78 is 16.0. The zero-order valence-electron chi connectivity index (χ0n) is 8.44. The van der Waals surface area contributed by atoms with Gasteiger partial charge in [0.1, 0.15) is 0 Å². The monoisotopic (exact) mass is 256 g/mol. The number of hydrogen-bond donors (Lipinski definition) is 1. The molecule has 0 bridgehead atoms. The summed E-state index contributed by atoms with van der Waals surface area (Å²) in [7, 11) is 2.03. The third-order valence-corrected chi connectivity index (χ3v) is 3.18. The van der Waals surface area contributed by atoms with Gasteiger partial charge in [-0.05, 0) is 7.05 Å². The van der Waals surface area contributed by atoms with Gasteiger partial charge >= 0.3 is 5.97 Å². The van der Waals surface area contributed by atoms with E-state index in [2.05, 4.69) is 9.88 Å². The molecule has 1 N–H and O–H groups in total. The molecule has 1 aromatic rings. The van der Waals surface area contributed by atoms with E-state index in [1.165, 1.54) is 11.3 Å². The summed E-state index contributed by atoms with van der Waals surface area (Å²) >= 11 is 1.29. The maximum atomic E-state index is 10.6. The van der Waals surface area contributed by atoms with Crippen LogP contribution >= 0.6 is 11.3 Å². The topological polar surface area (TPSA) is 53.4 Å². The number of nitrogens with zero attached hydrogens (tertiary/aromatic N) is 2. The van der Waals surface area contributed by atoms with Crippen molar-refractivity contribution in [3.8, 4) is 0 Å². The molecule has 1 aliphatic heterocycles. The molecule has 16 heavy (non-hydrogen) atoms. The SMILES string of the molecule is CN1CCc2nc(C(=O)O)sc2C1.F.FF. The summed E-state index contributed by atoms with van der Waals surface area (Å²) in [6, 6.07) is 0. The second kappa shape index (κ2) is 6.44. The molecule has 0 aliphatic carbocycles. The van der Waals surface area contributed by atoms with Gasteiger partial charge in [0.15, 0.2) is 0 Å². The first-order valence-electron chi connectivity index (χ1n) is 4.21. The molecule has 0 aromatic carbocycles. The Hall–Kier alpha value is -1.15. The van der Waals surface area contributed by atoms with Crippen molar-refractivity contribution in [1.82, 2.24) is 9.88 Å². The Kier molecular flexibility index (Phi) is 5.97. The van der Waals surface area contributed by atoms with E-state index in [9.17, 15) is 4.79 Å². The van der Waals surface area contributed by atoms with Gasteiger partial charge in [-0.25, -0.2) is 9.78 Å². The highest BCUT2D eigenvalue weighted by Crippen LogP contribution is 2.24. The van der Waals surface area contributed by atoms with E-state index in [0.29, 0.717) is 0 Å². The van der Waals surface area contributed by atoms with Gasteiger partial charge in [-0.15, -0.1) is 11.3 Å². The second-order valence-electron chi connectivity index (χ2n) is 3.18. The third-order valence-electron chi connectivity index (χ3n) is 2.11. The van der Waals surface area contributed by atoms with Crippen molar-refractivity contribution in [3.63, 3.8) is 0 Å². The highest BCUT2D eigenvalue weighted by molar-refractivity contribution is 7.13. The van der Waals surface area contributed by atoms with Crippen molar-refractivity contribution in [2.24, 2.45) is 0 Å². The van der Waals surface area contributed by atoms with E-state index < -0.39 is 5.97 Å². The minimum atomic E-state index is -0.915. The van der Waals surface area contributed by atoms with Gasteiger partial charge in [0, 0.05) is 33.5 Å². The van der Waals surface area contributed by atoms with Crippen molar-refractivity contribution in [2.75, 3.05) is 13.6 Å². The first-order valence-corrected chi connectivity index (χ1v) is 5.03. The molecule has 0 fully saturated rings. The van der Waals surface area contributed by atoms with Gasteiger partial charge in [-0.3, -0.25) is 4.70 Å². The predicted octanol–water partition coefficient (Wildman–Crippen LogP) is 1.82. The summed E-state index contributed by atoms with van der Waals surface area (Å²) in [5.74, 6) is -0.915. The van der Waals surface area contributed by atoms with Crippen molar-refractivity contribution in [3.05, 3.63) is 15.6 Å². The lowest BCUT2D eigenvalue weighted by Gasteiger charge is -2.20. The molecule has 0 radical (unpaired) electrons. The van der Waals surface area contributed by atoms with Crippen molar-refractivity contribution < 1.29 is 23.8 Å². The van der Waals surface area contributed by atoms with Crippen LogP contribution in [0.4, 0.5) is 13.9 Å². The van der Waals surface area contributed by atoms with E-state index >= 15 is 0 Å². The van der Waals surface area contributed by atoms with Gasteiger partial charge in [0.05, 0.1) is 5.69 Å². The summed E-state index contributed by atoms with van der Waals surface area (Å²) in [6.45, 7) is 1.80. The number of likely N-dealkylation sites (N-methyl/N-ethyl adjacent to an activating group) is 1. The number of aromatic carboxylic acids is 1. The summed E-state index contributed by atoms with van der Waals surface area (Å²) in [5, 5.41) is 8.96.